The molecule has 0 saturated carbocycles. The van der Waals surface area contributed by atoms with Gasteiger partial charge in [-0.1, -0.05) is 41.9 Å². The maximum absolute atomic E-state index is 9.35. The van der Waals surface area contributed by atoms with E-state index in [9.17, 15) is 5.11 Å². The minimum atomic E-state index is -0.746. The summed E-state index contributed by atoms with van der Waals surface area (Å²) in [5.74, 6) is 0. The van der Waals surface area contributed by atoms with Gasteiger partial charge in [0, 0.05) is 5.39 Å². The monoisotopic (exact) mass is 241 g/mol. The number of nitrogens with zero attached hydrogens (tertiary/aromatic N) is 1. The van der Waals surface area contributed by atoms with E-state index >= 15 is 0 Å². The second-order valence-electron chi connectivity index (χ2n) is 3.29. The Bertz CT molecular complexity index is 517. The Labute approximate surface area is 96.4 Å². The first kappa shape index (κ1) is 10.8. The topological polar surface area (TPSA) is 45.4 Å². The highest BCUT2D eigenvalue weighted by Crippen LogP contribution is 2.22. The van der Waals surface area contributed by atoms with Crippen LogP contribution in [0.2, 0.25) is 0 Å². The van der Waals surface area contributed by atoms with Gasteiger partial charge in [-0.05, 0) is 6.07 Å². The van der Waals surface area contributed by atoms with Gasteiger partial charge >= 0.3 is 0 Å². The second-order valence-corrected chi connectivity index (χ2v) is 4.74. The Morgan fingerprint density at radius 2 is 2.13 bits per heavy atom. The molecule has 0 amide bonds. The number of aliphatic hydroxyl groups excluding tert-OH is 2. The number of aromatic nitrogens is 1. The molecule has 1 heterocycles. The molecule has 0 radical (unpaired) electrons. The molecule has 1 aromatic heterocycles. The fourth-order valence-electron chi connectivity index (χ4n) is 1.39. The van der Waals surface area contributed by atoms with Gasteiger partial charge in [-0.3, -0.25) is 3.96 Å². The van der Waals surface area contributed by atoms with Gasteiger partial charge in [0.25, 0.3) is 0 Å². The lowest BCUT2D eigenvalue weighted by molar-refractivity contribution is 0.0833. The predicted molar refractivity (Wildman–Crippen MR) is 63.7 cm³/mol. The van der Waals surface area contributed by atoms with Crippen LogP contribution in [-0.4, -0.2) is 26.9 Å². The fraction of sp³-hybridized carbons (Fsp3) is 0.300. The summed E-state index contributed by atoms with van der Waals surface area (Å²) < 4.78 is 3.66. The van der Waals surface area contributed by atoms with Crippen molar-refractivity contribution in [3.8, 4) is 0 Å². The lowest BCUT2D eigenvalue weighted by atomic mass is 10.3. The van der Waals surface area contributed by atoms with E-state index in [-0.39, 0.29) is 6.61 Å². The summed E-state index contributed by atoms with van der Waals surface area (Å²) in [6, 6.07) is 7.87. The molecule has 1 aromatic carbocycles. The Kier molecular flexibility index (Phi) is 3.16. The van der Waals surface area contributed by atoms with Gasteiger partial charge in [0.1, 0.15) is 4.64 Å². The Hall–Kier alpha value is -0.750. The number of hydrogen-bond donors (Lipinski definition) is 2. The summed E-state index contributed by atoms with van der Waals surface area (Å²) in [7, 11) is 0. The number of rotatable bonds is 3. The van der Waals surface area contributed by atoms with Crippen molar-refractivity contribution in [1.82, 2.24) is 3.96 Å². The molecule has 0 aliphatic heterocycles. The van der Waals surface area contributed by atoms with E-state index in [0.29, 0.717) is 6.54 Å². The molecule has 1 atom stereocenters. The van der Waals surface area contributed by atoms with Gasteiger partial charge in [0.15, 0.2) is 0 Å². The molecule has 0 aliphatic rings. The predicted octanol–water partition coefficient (Wildman–Crippen LogP) is 1.79. The van der Waals surface area contributed by atoms with E-state index in [0.717, 1.165) is 14.7 Å². The van der Waals surface area contributed by atoms with Crippen LogP contribution in [-0.2, 0) is 6.54 Å². The smallest absolute Gasteiger partial charge is 0.124 e. The summed E-state index contributed by atoms with van der Waals surface area (Å²) in [5, 5.41) is 19.1. The van der Waals surface area contributed by atoms with Gasteiger partial charge < -0.3 is 10.2 Å². The van der Waals surface area contributed by atoms with E-state index in [1.807, 2.05) is 28.2 Å². The van der Waals surface area contributed by atoms with Crippen molar-refractivity contribution in [2.75, 3.05) is 6.61 Å². The van der Waals surface area contributed by atoms with Gasteiger partial charge in [-0.15, -0.1) is 0 Å². The maximum atomic E-state index is 9.35. The summed E-state index contributed by atoms with van der Waals surface area (Å²) >= 11 is 6.78. The highest BCUT2D eigenvalue weighted by atomic mass is 32.1. The van der Waals surface area contributed by atoms with Crippen molar-refractivity contribution >= 4 is 33.8 Å². The normalized spacial score (nSPS) is 13.2. The molecular formula is C10H11NO2S2. The average molecular weight is 241 g/mol. The first-order chi connectivity index (χ1) is 7.22. The van der Waals surface area contributed by atoms with Crippen LogP contribution in [0.25, 0.3) is 10.1 Å². The first-order valence-corrected chi connectivity index (χ1v) is 5.78. The van der Waals surface area contributed by atoms with Gasteiger partial charge in [-0.2, -0.15) is 0 Å². The molecule has 1 unspecified atom stereocenters. The minimum absolute atomic E-state index is 0.240. The lowest BCUT2D eigenvalue weighted by Gasteiger charge is -2.06. The zero-order valence-corrected chi connectivity index (χ0v) is 9.59. The van der Waals surface area contributed by atoms with E-state index in [4.69, 9.17) is 17.3 Å². The molecule has 80 valence electrons. The molecule has 0 aliphatic carbocycles. The van der Waals surface area contributed by atoms with Crippen LogP contribution < -0.4 is 0 Å². The Morgan fingerprint density at radius 1 is 1.40 bits per heavy atom. The highest BCUT2D eigenvalue weighted by Gasteiger charge is 2.07. The molecular weight excluding hydrogens is 230 g/mol. The van der Waals surface area contributed by atoms with E-state index in [2.05, 4.69) is 0 Å². The third-order valence-corrected chi connectivity index (χ3v) is 3.80. The van der Waals surface area contributed by atoms with Crippen molar-refractivity contribution in [2.24, 2.45) is 0 Å². The molecule has 2 N–H and O–H groups in total. The zero-order valence-electron chi connectivity index (χ0n) is 7.96. The van der Waals surface area contributed by atoms with Crippen LogP contribution in [0.4, 0.5) is 0 Å². The molecule has 0 saturated heterocycles. The van der Waals surface area contributed by atoms with Crippen molar-refractivity contribution < 1.29 is 10.2 Å². The van der Waals surface area contributed by atoms with Crippen molar-refractivity contribution in [3.05, 3.63) is 28.9 Å². The Balaban J connectivity index is 2.45. The molecule has 15 heavy (non-hydrogen) atoms. The molecule has 0 bridgehead atoms. The summed E-state index contributed by atoms with van der Waals surface area (Å²) in [5.41, 5.74) is 0. The van der Waals surface area contributed by atoms with Crippen LogP contribution in [0.5, 0.6) is 0 Å². The van der Waals surface area contributed by atoms with Gasteiger partial charge in [-0.25, -0.2) is 0 Å². The van der Waals surface area contributed by atoms with Crippen LogP contribution >= 0.6 is 23.8 Å². The molecule has 5 heteroatoms. The number of benzene rings is 1. The molecule has 2 aromatic rings. The van der Waals surface area contributed by atoms with Crippen LogP contribution in [0, 0.1) is 4.64 Å². The summed E-state index contributed by atoms with van der Waals surface area (Å²) in [6.45, 7) is 0.116. The van der Waals surface area contributed by atoms with Crippen molar-refractivity contribution in [3.63, 3.8) is 0 Å². The minimum Gasteiger partial charge on any atom is -0.394 e. The standard InChI is InChI=1S/C10H11NO2S2/c12-6-7(13)5-11-10(14)8-3-1-2-4-9(8)15-11/h1-4,7,12-13H,5-6H2. The van der Waals surface area contributed by atoms with Crippen LogP contribution in [0.1, 0.15) is 0 Å². The van der Waals surface area contributed by atoms with Gasteiger partial charge in [0.05, 0.1) is 24.0 Å². The Morgan fingerprint density at radius 3 is 2.80 bits per heavy atom. The fourth-order valence-corrected chi connectivity index (χ4v) is 2.88. The molecule has 3 nitrogen and oxygen atoms in total. The quantitative estimate of drug-likeness (QED) is 0.805. The third kappa shape index (κ3) is 2.10. The molecule has 2 rings (SSSR count). The molecule has 0 fully saturated rings. The van der Waals surface area contributed by atoms with Crippen molar-refractivity contribution in [1.29, 1.82) is 0 Å². The highest BCUT2D eigenvalue weighted by molar-refractivity contribution is 7.71. The van der Waals surface area contributed by atoms with Crippen LogP contribution in [0.15, 0.2) is 24.3 Å². The van der Waals surface area contributed by atoms with E-state index in [1.165, 1.54) is 11.5 Å². The molecule has 0 spiro atoms. The van der Waals surface area contributed by atoms with Crippen LogP contribution in [0.3, 0.4) is 0 Å². The van der Waals surface area contributed by atoms with E-state index < -0.39 is 6.10 Å². The average Bonchev–Trinajstić information content (AvgIpc) is 2.57. The summed E-state index contributed by atoms with van der Waals surface area (Å²) in [4.78, 5) is 0. The maximum Gasteiger partial charge on any atom is 0.124 e. The third-order valence-electron chi connectivity index (χ3n) is 2.14. The lowest BCUT2D eigenvalue weighted by Crippen LogP contribution is -2.18. The number of aliphatic hydroxyl groups is 2. The second kappa shape index (κ2) is 4.40. The van der Waals surface area contributed by atoms with E-state index in [1.54, 1.807) is 0 Å². The largest absolute Gasteiger partial charge is 0.394 e. The summed E-state index contributed by atoms with van der Waals surface area (Å²) in [6.07, 6.45) is -0.746. The zero-order chi connectivity index (χ0) is 10.8. The number of hydrogen-bond acceptors (Lipinski definition) is 4. The van der Waals surface area contributed by atoms with Gasteiger partial charge in [0.2, 0.25) is 0 Å². The van der Waals surface area contributed by atoms with Crippen molar-refractivity contribution in [2.45, 2.75) is 12.6 Å². The number of fused-ring (bicyclic) bond motifs is 1. The first-order valence-electron chi connectivity index (χ1n) is 4.60. The SMILES string of the molecule is OCC(O)Cn1sc2ccccc2c1=S.